The Kier molecular flexibility index (Phi) is 3.76. The van der Waals surface area contributed by atoms with Crippen LogP contribution in [-0.4, -0.2) is 4.98 Å². The van der Waals surface area contributed by atoms with E-state index in [0.29, 0.717) is 0 Å². The molecule has 1 N–H and O–H groups in total. The Morgan fingerprint density at radius 3 is 2.90 bits per heavy atom. The summed E-state index contributed by atoms with van der Waals surface area (Å²) in [7, 11) is 0. The van der Waals surface area contributed by atoms with Gasteiger partial charge < -0.3 is 5.32 Å². The molecule has 0 saturated carbocycles. The van der Waals surface area contributed by atoms with Crippen molar-refractivity contribution in [1.29, 1.82) is 0 Å². The van der Waals surface area contributed by atoms with E-state index >= 15 is 0 Å². The summed E-state index contributed by atoms with van der Waals surface area (Å²) in [4.78, 5) is 4.66. The van der Waals surface area contributed by atoms with Crippen LogP contribution in [0, 0.1) is 6.92 Å². The Hall–Kier alpha value is -1.39. The van der Waals surface area contributed by atoms with Crippen molar-refractivity contribution in [3.05, 3.63) is 52.0 Å². The molecule has 0 radical (unpaired) electrons. The Bertz CT molecular complexity index is 764. The molecule has 20 heavy (non-hydrogen) atoms. The lowest BCUT2D eigenvalue weighted by Crippen LogP contribution is -1.97. The maximum Gasteiger partial charge on any atom is 0.188 e. The lowest BCUT2D eigenvalue weighted by Gasteiger charge is -2.11. The van der Waals surface area contributed by atoms with E-state index in [-0.39, 0.29) is 0 Å². The van der Waals surface area contributed by atoms with Crippen molar-refractivity contribution >= 4 is 48.3 Å². The molecule has 3 aromatic rings. The Morgan fingerprint density at radius 2 is 2.10 bits per heavy atom. The van der Waals surface area contributed by atoms with Gasteiger partial charge in [0.25, 0.3) is 0 Å². The molecule has 102 valence electrons. The lowest BCUT2D eigenvalue weighted by atomic mass is 10.1. The molecule has 0 aliphatic heterocycles. The average molecular weight is 347 g/mol. The van der Waals surface area contributed by atoms with Crippen LogP contribution in [-0.2, 0) is 6.42 Å². The molecular formula is C16H15BrN2S. The summed E-state index contributed by atoms with van der Waals surface area (Å²) in [5.74, 6) is 0. The molecule has 2 nitrogen and oxygen atoms in total. The monoisotopic (exact) mass is 346 g/mol. The van der Waals surface area contributed by atoms with E-state index in [2.05, 4.69) is 76.5 Å². The highest BCUT2D eigenvalue weighted by atomic mass is 79.9. The number of rotatable bonds is 3. The minimum Gasteiger partial charge on any atom is -0.331 e. The van der Waals surface area contributed by atoms with Gasteiger partial charge in [-0.2, -0.15) is 0 Å². The van der Waals surface area contributed by atoms with Gasteiger partial charge in [-0.05, 0) is 42.7 Å². The van der Waals surface area contributed by atoms with Crippen LogP contribution < -0.4 is 5.32 Å². The smallest absolute Gasteiger partial charge is 0.188 e. The van der Waals surface area contributed by atoms with E-state index < -0.39 is 0 Å². The molecule has 0 aliphatic carbocycles. The number of fused-ring (bicyclic) bond motifs is 1. The predicted molar refractivity (Wildman–Crippen MR) is 91.2 cm³/mol. The number of nitrogens with zero attached hydrogens (tertiary/aromatic N) is 1. The van der Waals surface area contributed by atoms with E-state index in [0.717, 1.165) is 21.5 Å². The maximum atomic E-state index is 4.66. The highest BCUT2D eigenvalue weighted by Gasteiger charge is 2.08. The number of aromatic nitrogens is 1. The van der Waals surface area contributed by atoms with Gasteiger partial charge in [-0.25, -0.2) is 4.98 Å². The number of hydrogen-bond acceptors (Lipinski definition) is 3. The van der Waals surface area contributed by atoms with E-state index in [1.54, 1.807) is 11.3 Å². The van der Waals surface area contributed by atoms with Crippen LogP contribution in [0.5, 0.6) is 0 Å². The lowest BCUT2D eigenvalue weighted by molar-refractivity contribution is 1.13. The van der Waals surface area contributed by atoms with Crippen molar-refractivity contribution in [2.45, 2.75) is 20.3 Å². The van der Waals surface area contributed by atoms with Crippen molar-refractivity contribution < 1.29 is 0 Å². The quantitative estimate of drug-likeness (QED) is 0.660. The Balaban J connectivity index is 2.01. The molecule has 0 spiro atoms. The van der Waals surface area contributed by atoms with Gasteiger partial charge in [0, 0.05) is 10.2 Å². The van der Waals surface area contributed by atoms with Gasteiger partial charge in [0.15, 0.2) is 5.13 Å². The summed E-state index contributed by atoms with van der Waals surface area (Å²) in [6.07, 6.45) is 1.01. The van der Waals surface area contributed by atoms with Gasteiger partial charge in [0.2, 0.25) is 0 Å². The first kappa shape index (κ1) is 13.6. The van der Waals surface area contributed by atoms with Gasteiger partial charge in [0.1, 0.15) is 0 Å². The maximum absolute atomic E-state index is 4.66. The molecule has 2 aromatic carbocycles. The highest BCUT2D eigenvalue weighted by Crippen LogP contribution is 2.32. The van der Waals surface area contributed by atoms with Crippen molar-refractivity contribution in [3.63, 3.8) is 0 Å². The summed E-state index contributed by atoms with van der Waals surface area (Å²) in [5, 5.41) is 4.44. The van der Waals surface area contributed by atoms with E-state index in [4.69, 9.17) is 0 Å². The summed E-state index contributed by atoms with van der Waals surface area (Å²) in [6, 6.07) is 12.6. The van der Waals surface area contributed by atoms with Crippen LogP contribution in [0.25, 0.3) is 10.2 Å². The highest BCUT2D eigenvalue weighted by molar-refractivity contribution is 9.10. The molecule has 3 rings (SSSR count). The molecule has 1 heterocycles. The number of nitrogens with one attached hydrogen (secondary N) is 1. The van der Waals surface area contributed by atoms with E-state index in [1.807, 2.05) is 0 Å². The molecule has 4 heteroatoms. The van der Waals surface area contributed by atoms with E-state index in [9.17, 15) is 0 Å². The third-order valence-electron chi connectivity index (χ3n) is 3.32. The van der Waals surface area contributed by atoms with Crippen molar-refractivity contribution in [2.24, 2.45) is 0 Å². The largest absolute Gasteiger partial charge is 0.331 e. The standard InChI is InChI=1S/C16H15BrN2S/c1-3-11-6-4-5-10(2)15(11)19-16-18-13-9-12(17)7-8-14(13)20-16/h4-9H,3H2,1-2H3,(H,18,19). The predicted octanol–water partition coefficient (Wildman–Crippen LogP) is 5.67. The molecule has 0 aliphatic rings. The molecule has 0 bridgehead atoms. The fraction of sp³-hybridized carbons (Fsp3) is 0.188. The Morgan fingerprint density at radius 1 is 1.25 bits per heavy atom. The molecule has 0 saturated heterocycles. The van der Waals surface area contributed by atoms with Crippen LogP contribution in [0.15, 0.2) is 40.9 Å². The zero-order chi connectivity index (χ0) is 14.1. The summed E-state index contributed by atoms with van der Waals surface area (Å²) in [6.45, 7) is 4.31. The molecular weight excluding hydrogens is 332 g/mol. The number of para-hydroxylation sites is 1. The molecule has 0 fully saturated rings. The van der Waals surface area contributed by atoms with Gasteiger partial charge in [-0.3, -0.25) is 0 Å². The van der Waals surface area contributed by atoms with Gasteiger partial charge in [-0.15, -0.1) is 0 Å². The van der Waals surface area contributed by atoms with Gasteiger partial charge in [0.05, 0.1) is 10.2 Å². The minimum atomic E-state index is 0.946. The zero-order valence-corrected chi connectivity index (χ0v) is 13.8. The number of hydrogen-bond donors (Lipinski definition) is 1. The van der Waals surface area contributed by atoms with Crippen LogP contribution in [0.4, 0.5) is 10.8 Å². The van der Waals surface area contributed by atoms with Crippen molar-refractivity contribution in [2.75, 3.05) is 5.32 Å². The van der Waals surface area contributed by atoms with Crippen molar-refractivity contribution in [1.82, 2.24) is 4.98 Å². The number of halogens is 1. The molecule has 0 atom stereocenters. The first-order valence-electron chi connectivity index (χ1n) is 6.59. The number of aryl methyl sites for hydroxylation is 2. The number of thiazole rings is 1. The van der Waals surface area contributed by atoms with Gasteiger partial charge >= 0.3 is 0 Å². The van der Waals surface area contributed by atoms with Crippen LogP contribution in [0.2, 0.25) is 0 Å². The average Bonchev–Trinajstić information content (AvgIpc) is 2.82. The first-order chi connectivity index (χ1) is 9.67. The Labute approximate surface area is 131 Å². The molecule has 0 unspecified atom stereocenters. The fourth-order valence-corrected chi connectivity index (χ4v) is 3.46. The minimum absolute atomic E-state index is 0.946. The number of anilines is 2. The van der Waals surface area contributed by atoms with E-state index in [1.165, 1.54) is 21.5 Å². The fourth-order valence-electron chi connectivity index (χ4n) is 2.26. The third kappa shape index (κ3) is 2.58. The summed E-state index contributed by atoms with van der Waals surface area (Å²) < 4.78 is 2.26. The van der Waals surface area contributed by atoms with Crippen molar-refractivity contribution in [3.8, 4) is 0 Å². The molecule has 0 amide bonds. The summed E-state index contributed by atoms with van der Waals surface area (Å²) >= 11 is 5.17. The number of benzene rings is 2. The second kappa shape index (κ2) is 5.54. The second-order valence-corrected chi connectivity index (χ2v) is 6.66. The SMILES string of the molecule is CCc1cccc(C)c1Nc1nc2cc(Br)ccc2s1. The topological polar surface area (TPSA) is 24.9 Å². The van der Waals surface area contributed by atoms with Gasteiger partial charge in [-0.1, -0.05) is 52.4 Å². The summed E-state index contributed by atoms with van der Waals surface area (Å²) in [5.41, 5.74) is 4.79. The third-order valence-corrected chi connectivity index (χ3v) is 4.77. The normalized spacial score (nSPS) is 10.9. The first-order valence-corrected chi connectivity index (χ1v) is 8.20. The van der Waals surface area contributed by atoms with Crippen LogP contribution in [0.1, 0.15) is 18.1 Å². The molecule has 1 aromatic heterocycles. The van der Waals surface area contributed by atoms with Crippen LogP contribution >= 0.6 is 27.3 Å². The second-order valence-electron chi connectivity index (χ2n) is 4.72. The van der Waals surface area contributed by atoms with Crippen LogP contribution in [0.3, 0.4) is 0 Å². The zero-order valence-electron chi connectivity index (χ0n) is 11.4.